The highest BCUT2D eigenvalue weighted by atomic mass is 16.5. The van der Waals surface area contributed by atoms with Gasteiger partial charge in [0, 0.05) is 10.8 Å². The minimum absolute atomic E-state index is 0.0858. The monoisotopic (exact) mass is 200 g/mol. The van der Waals surface area contributed by atoms with Gasteiger partial charge in [0.2, 0.25) is 0 Å². The highest BCUT2D eigenvalue weighted by Gasteiger charge is 2.15. The fraction of sp³-hybridized carbons (Fsp3) is 0.182. The van der Waals surface area contributed by atoms with Crippen LogP contribution in [0, 0.1) is 11.3 Å². The van der Waals surface area contributed by atoms with Crippen LogP contribution >= 0.6 is 0 Å². The van der Waals surface area contributed by atoms with E-state index in [9.17, 15) is 4.79 Å². The highest BCUT2D eigenvalue weighted by molar-refractivity contribution is 6.15. The van der Waals surface area contributed by atoms with E-state index in [1.807, 2.05) is 6.07 Å². The molecule has 4 heteroatoms. The van der Waals surface area contributed by atoms with Gasteiger partial charge in [-0.1, -0.05) is 0 Å². The smallest absolute Gasteiger partial charge is 0.275 e. The van der Waals surface area contributed by atoms with Gasteiger partial charge in [0.25, 0.3) is 5.91 Å². The Morgan fingerprint density at radius 3 is 3.00 bits per heavy atom. The molecule has 0 N–H and O–H groups in total. The van der Waals surface area contributed by atoms with Crippen molar-refractivity contribution < 1.29 is 9.53 Å². The second-order valence-corrected chi connectivity index (χ2v) is 3.11. The van der Waals surface area contributed by atoms with Crippen LogP contribution in [0.1, 0.15) is 6.42 Å². The molecule has 15 heavy (non-hydrogen) atoms. The molecule has 0 unspecified atom stereocenters. The zero-order valence-corrected chi connectivity index (χ0v) is 8.15. The maximum absolute atomic E-state index is 11.4. The molecule has 0 atom stereocenters. The lowest BCUT2D eigenvalue weighted by atomic mass is 10.1. The maximum atomic E-state index is 11.4. The number of fused-ring (bicyclic) bond motifs is 1. The van der Waals surface area contributed by atoms with Crippen molar-refractivity contribution in [1.82, 2.24) is 0 Å². The van der Waals surface area contributed by atoms with Crippen molar-refractivity contribution in [3.8, 4) is 11.8 Å². The first-order chi connectivity index (χ1) is 7.26. The third kappa shape index (κ3) is 1.48. The lowest BCUT2D eigenvalue weighted by Gasteiger charge is -1.97. The fourth-order valence-electron chi connectivity index (χ4n) is 1.52. The molecule has 1 amide bonds. The number of nitriles is 1. The van der Waals surface area contributed by atoms with Crippen LogP contribution in [0.3, 0.4) is 0 Å². The van der Waals surface area contributed by atoms with Crippen LogP contribution in [-0.4, -0.2) is 13.0 Å². The quantitative estimate of drug-likeness (QED) is 0.670. The molecule has 0 aliphatic carbocycles. The van der Waals surface area contributed by atoms with Gasteiger partial charge >= 0.3 is 0 Å². The molecule has 0 saturated carbocycles. The van der Waals surface area contributed by atoms with E-state index in [0.717, 1.165) is 0 Å². The molecule has 4 nitrogen and oxygen atoms in total. The highest BCUT2D eigenvalue weighted by Crippen LogP contribution is 2.08. The summed E-state index contributed by atoms with van der Waals surface area (Å²) in [5.74, 6) is 0.342. The summed E-state index contributed by atoms with van der Waals surface area (Å²) in [5.41, 5.74) is 0.450. The number of benzene rings is 1. The zero-order valence-electron chi connectivity index (χ0n) is 8.15. The summed E-state index contributed by atoms with van der Waals surface area (Å²) >= 11 is 0. The van der Waals surface area contributed by atoms with Crippen molar-refractivity contribution >= 4 is 11.5 Å². The minimum Gasteiger partial charge on any atom is -0.497 e. The molecule has 74 valence electrons. The largest absolute Gasteiger partial charge is 0.497 e. The molecule has 0 aromatic heterocycles. The van der Waals surface area contributed by atoms with Crippen LogP contribution in [0.2, 0.25) is 0 Å². The molecule has 0 fully saturated rings. The number of rotatable bonds is 2. The van der Waals surface area contributed by atoms with Crippen LogP contribution < -0.4 is 15.3 Å². The SMILES string of the molecule is COc1ccc2c(c1)=C(CC#N)C(=O)N=2. The Morgan fingerprint density at radius 2 is 2.33 bits per heavy atom. The summed E-state index contributed by atoms with van der Waals surface area (Å²) < 4.78 is 5.05. The van der Waals surface area contributed by atoms with Crippen molar-refractivity contribution in [3.63, 3.8) is 0 Å². The van der Waals surface area contributed by atoms with Gasteiger partial charge in [-0.3, -0.25) is 4.79 Å². The van der Waals surface area contributed by atoms with Crippen molar-refractivity contribution in [2.75, 3.05) is 7.11 Å². The third-order valence-corrected chi connectivity index (χ3v) is 2.26. The lowest BCUT2D eigenvalue weighted by molar-refractivity contribution is -0.112. The number of carbonyl (C=O) groups is 1. The number of amides is 1. The van der Waals surface area contributed by atoms with Crippen LogP contribution in [-0.2, 0) is 4.79 Å². The van der Waals surface area contributed by atoms with Gasteiger partial charge in [-0.15, -0.1) is 0 Å². The van der Waals surface area contributed by atoms with Gasteiger partial charge in [0.1, 0.15) is 5.75 Å². The first kappa shape index (κ1) is 9.41. The molecule has 0 radical (unpaired) electrons. The predicted molar refractivity (Wildman–Crippen MR) is 52.4 cm³/mol. The van der Waals surface area contributed by atoms with Crippen LogP contribution in [0.15, 0.2) is 23.2 Å². The topological polar surface area (TPSA) is 62.4 Å². The summed E-state index contributed by atoms with van der Waals surface area (Å²) in [6.45, 7) is 0. The van der Waals surface area contributed by atoms with Crippen LogP contribution in [0.5, 0.6) is 5.75 Å². The summed E-state index contributed by atoms with van der Waals surface area (Å²) in [4.78, 5) is 15.3. The summed E-state index contributed by atoms with van der Waals surface area (Å²) in [6, 6.07) is 7.15. The molecule has 1 heterocycles. The van der Waals surface area contributed by atoms with E-state index in [4.69, 9.17) is 10.00 Å². The number of nitrogens with zero attached hydrogens (tertiary/aromatic N) is 2. The van der Waals surface area contributed by atoms with E-state index < -0.39 is 0 Å². The molecular formula is C11H8N2O2. The van der Waals surface area contributed by atoms with Crippen molar-refractivity contribution in [2.45, 2.75) is 6.42 Å². The normalized spacial score (nSPS) is 13.1. The van der Waals surface area contributed by atoms with Crippen LogP contribution in [0.25, 0.3) is 5.57 Å². The van der Waals surface area contributed by atoms with Gasteiger partial charge in [-0.05, 0) is 18.2 Å². The Labute approximate surface area is 86.1 Å². The molecule has 1 aliphatic rings. The lowest BCUT2D eigenvalue weighted by Crippen LogP contribution is -2.22. The Hall–Kier alpha value is -2.15. The van der Waals surface area contributed by atoms with E-state index >= 15 is 0 Å². The fourth-order valence-corrected chi connectivity index (χ4v) is 1.52. The van der Waals surface area contributed by atoms with E-state index in [1.54, 1.807) is 25.3 Å². The van der Waals surface area contributed by atoms with E-state index in [2.05, 4.69) is 4.99 Å². The van der Waals surface area contributed by atoms with E-state index in [-0.39, 0.29) is 12.3 Å². The molecule has 1 aliphatic heterocycles. The second kappa shape index (κ2) is 3.54. The van der Waals surface area contributed by atoms with E-state index in [0.29, 0.717) is 21.9 Å². The zero-order chi connectivity index (χ0) is 10.8. The Kier molecular flexibility index (Phi) is 2.22. The number of ether oxygens (including phenoxy) is 1. The number of hydrogen-bond acceptors (Lipinski definition) is 3. The Balaban J connectivity index is 2.73. The predicted octanol–water partition coefficient (Wildman–Crippen LogP) is -0.0806. The Bertz CT molecular complexity index is 582. The minimum atomic E-state index is -0.320. The standard InChI is InChI=1S/C11H8N2O2/c1-15-7-2-3-10-9(6-7)8(4-5-12)11(14)13-10/h2-3,6H,4H2,1H3. The maximum Gasteiger partial charge on any atom is 0.275 e. The van der Waals surface area contributed by atoms with E-state index in [1.165, 1.54) is 0 Å². The number of methoxy groups -OCH3 is 1. The molecule has 0 spiro atoms. The van der Waals surface area contributed by atoms with Gasteiger partial charge in [-0.2, -0.15) is 5.26 Å². The van der Waals surface area contributed by atoms with Crippen molar-refractivity contribution in [1.29, 1.82) is 5.26 Å². The first-order valence-corrected chi connectivity index (χ1v) is 4.43. The number of carbonyl (C=O) groups excluding carboxylic acids is 1. The first-order valence-electron chi connectivity index (χ1n) is 4.43. The van der Waals surface area contributed by atoms with Gasteiger partial charge in [0.05, 0.1) is 25.0 Å². The van der Waals surface area contributed by atoms with Gasteiger partial charge in [-0.25, -0.2) is 4.99 Å². The molecular weight excluding hydrogens is 192 g/mol. The van der Waals surface area contributed by atoms with Crippen LogP contribution in [0.4, 0.5) is 0 Å². The van der Waals surface area contributed by atoms with Gasteiger partial charge in [0.15, 0.2) is 0 Å². The molecule has 1 aromatic carbocycles. The molecule has 0 saturated heterocycles. The average molecular weight is 200 g/mol. The third-order valence-electron chi connectivity index (χ3n) is 2.26. The Morgan fingerprint density at radius 1 is 1.53 bits per heavy atom. The number of hydrogen-bond donors (Lipinski definition) is 0. The van der Waals surface area contributed by atoms with Crippen molar-refractivity contribution in [3.05, 3.63) is 28.8 Å². The van der Waals surface area contributed by atoms with Crippen molar-refractivity contribution in [2.24, 2.45) is 4.99 Å². The summed E-state index contributed by atoms with van der Waals surface area (Å²) in [7, 11) is 1.56. The summed E-state index contributed by atoms with van der Waals surface area (Å²) in [6.07, 6.45) is 0.0858. The van der Waals surface area contributed by atoms with Gasteiger partial charge < -0.3 is 4.74 Å². The summed E-state index contributed by atoms with van der Waals surface area (Å²) in [5, 5.41) is 9.93. The average Bonchev–Trinajstić information content (AvgIpc) is 2.55. The molecule has 1 aromatic rings. The second-order valence-electron chi connectivity index (χ2n) is 3.11. The molecule has 0 bridgehead atoms. The molecule has 2 rings (SSSR count).